The highest BCUT2D eigenvalue weighted by Gasteiger charge is 2.18. The van der Waals surface area contributed by atoms with Gasteiger partial charge in [-0.1, -0.05) is 35.5 Å². The van der Waals surface area contributed by atoms with Crippen molar-refractivity contribution in [3.63, 3.8) is 0 Å². The number of rotatable bonds is 6. The molecule has 7 heteroatoms. The fraction of sp³-hybridized carbons (Fsp3) is 0.190. The molecule has 0 aliphatic heterocycles. The van der Waals surface area contributed by atoms with Gasteiger partial charge in [0.25, 0.3) is 0 Å². The lowest BCUT2D eigenvalue weighted by Crippen LogP contribution is -2.05. The van der Waals surface area contributed by atoms with Crippen molar-refractivity contribution < 1.29 is 4.79 Å². The molecular weight excluding hydrogens is 388 g/mol. The van der Waals surface area contributed by atoms with E-state index in [0.717, 1.165) is 33.3 Å². The number of aromatic amines is 1. The average Bonchev–Trinajstić information content (AvgIpc) is 3.41. The van der Waals surface area contributed by atoms with E-state index in [0.29, 0.717) is 10.9 Å². The number of carbonyl (C=O) groups is 1. The standard InChI is InChI=1S/C21H20N4OS2/c1-13-6-8-16(9-7-13)25-14(2)11-17(15(25)3)18(26)12-28-21-22-20(23-24-21)19-5-4-10-27-19/h4-11H,12H2,1-3H3,(H,22,23,24). The number of nitrogens with one attached hydrogen (secondary N) is 1. The predicted molar refractivity (Wildman–Crippen MR) is 115 cm³/mol. The quantitative estimate of drug-likeness (QED) is 0.351. The molecule has 0 aliphatic rings. The normalized spacial score (nSPS) is 11.1. The summed E-state index contributed by atoms with van der Waals surface area (Å²) in [7, 11) is 0. The molecule has 28 heavy (non-hydrogen) atoms. The van der Waals surface area contributed by atoms with E-state index in [2.05, 4.69) is 50.9 Å². The Morgan fingerprint density at radius 2 is 1.96 bits per heavy atom. The first-order chi connectivity index (χ1) is 13.5. The number of hydrogen-bond acceptors (Lipinski definition) is 5. The SMILES string of the molecule is Cc1ccc(-n2c(C)cc(C(=O)CSc3n[nH]c(-c4cccs4)n3)c2C)cc1. The second-order valence-electron chi connectivity index (χ2n) is 6.61. The molecule has 0 atom stereocenters. The highest BCUT2D eigenvalue weighted by molar-refractivity contribution is 7.99. The molecule has 1 aromatic carbocycles. The molecule has 3 aromatic heterocycles. The monoisotopic (exact) mass is 408 g/mol. The van der Waals surface area contributed by atoms with Crippen LogP contribution in [0.5, 0.6) is 0 Å². The van der Waals surface area contributed by atoms with E-state index in [4.69, 9.17) is 0 Å². The molecule has 0 unspecified atom stereocenters. The Morgan fingerprint density at radius 1 is 1.18 bits per heavy atom. The van der Waals surface area contributed by atoms with Crippen LogP contribution in [0.25, 0.3) is 16.4 Å². The van der Waals surface area contributed by atoms with Crippen molar-refractivity contribution in [3.05, 3.63) is 70.4 Å². The van der Waals surface area contributed by atoms with Crippen molar-refractivity contribution in [1.82, 2.24) is 19.7 Å². The van der Waals surface area contributed by atoms with Gasteiger partial charge in [-0.05, 0) is 50.4 Å². The third-order valence-electron chi connectivity index (χ3n) is 4.58. The van der Waals surface area contributed by atoms with Crippen LogP contribution in [0.3, 0.4) is 0 Å². The summed E-state index contributed by atoms with van der Waals surface area (Å²) in [5.74, 6) is 1.13. The maximum absolute atomic E-state index is 12.8. The number of aromatic nitrogens is 4. The number of thiophene rings is 1. The number of ketones is 1. The topological polar surface area (TPSA) is 63.6 Å². The maximum Gasteiger partial charge on any atom is 0.209 e. The Bertz CT molecular complexity index is 1110. The van der Waals surface area contributed by atoms with E-state index in [9.17, 15) is 4.79 Å². The second-order valence-corrected chi connectivity index (χ2v) is 8.50. The van der Waals surface area contributed by atoms with Gasteiger partial charge in [0.2, 0.25) is 5.16 Å². The van der Waals surface area contributed by atoms with Crippen molar-refractivity contribution in [3.8, 4) is 16.4 Å². The van der Waals surface area contributed by atoms with Gasteiger partial charge in [-0.3, -0.25) is 9.89 Å². The van der Waals surface area contributed by atoms with Crippen molar-refractivity contribution in [2.24, 2.45) is 0 Å². The van der Waals surface area contributed by atoms with E-state index >= 15 is 0 Å². The Labute approximate surface area is 171 Å². The lowest BCUT2D eigenvalue weighted by atomic mass is 10.2. The van der Waals surface area contributed by atoms with Crippen molar-refractivity contribution in [1.29, 1.82) is 0 Å². The third-order valence-corrected chi connectivity index (χ3v) is 6.30. The molecule has 0 saturated carbocycles. The molecular formula is C21H20N4OS2. The van der Waals surface area contributed by atoms with E-state index < -0.39 is 0 Å². The molecule has 3 heterocycles. The first-order valence-electron chi connectivity index (χ1n) is 8.91. The van der Waals surface area contributed by atoms with Gasteiger partial charge in [0.15, 0.2) is 11.6 Å². The van der Waals surface area contributed by atoms with Gasteiger partial charge in [0.1, 0.15) is 0 Å². The van der Waals surface area contributed by atoms with Crippen molar-refractivity contribution >= 4 is 28.9 Å². The van der Waals surface area contributed by atoms with Gasteiger partial charge in [0.05, 0.1) is 10.6 Å². The Balaban J connectivity index is 1.50. The van der Waals surface area contributed by atoms with Crippen LogP contribution in [0, 0.1) is 20.8 Å². The average molecular weight is 409 g/mol. The first-order valence-corrected chi connectivity index (χ1v) is 10.8. The first kappa shape index (κ1) is 18.7. The Hall–Kier alpha value is -2.64. The molecule has 0 spiro atoms. The van der Waals surface area contributed by atoms with E-state index in [-0.39, 0.29) is 5.78 Å². The van der Waals surface area contributed by atoms with Crippen molar-refractivity contribution in [2.75, 3.05) is 5.75 Å². The molecule has 5 nitrogen and oxygen atoms in total. The molecule has 4 aromatic rings. The number of aryl methyl sites for hydroxylation is 2. The molecule has 1 N–H and O–H groups in total. The van der Waals surface area contributed by atoms with Crippen LogP contribution in [-0.4, -0.2) is 31.3 Å². The van der Waals surface area contributed by atoms with Crippen LogP contribution < -0.4 is 0 Å². The Morgan fingerprint density at radius 3 is 2.68 bits per heavy atom. The zero-order chi connectivity index (χ0) is 19.7. The van der Waals surface area contributed by atoms with Gasteiger partial charge in [-0.2, -0.15) is 0 Å². The minimum Gasteiger partial charge on any atom is -0.318 e. The minimum absolute atomic E-state index is 0.0823. The summed E-state index contributed by atoms with van der Waals surface area (Å²) >= 11 is 2.96. The Kier molecular flexibility index (Phi) is 5.19. The number of carbonyl (C=O) groups excluding carboxylic acids is 1. The number of nitrogens with zero attached hydrogens (tertiary/aromatic N) is 3. The summed E-state index contributed by atoms with van der Waals surface area (Å²) in [5, 5.41) is 9.74. The lowest BCUT2D eigenvalue weighted by Gasteiger charge is -2.10. The van der Waals surface area contributed by atoms with Gasteiger partial charge in [0, 0.05) is 22.6 Å². The summed E-state index contributed by atoms with van der Waals surface area (Å²) in [4.78, 5) is 18.3. The fourth-order valence-electron chi connectivity index (χ4n) is 3.18. The van der Waals surface area contributed by atoms with Crippen LogP contribution >= 0.6 is 23.1 Å². The third kappa shape index (κ3) is 3.68. The largest absolute Gasteiger partial charge is 0.318 e. The number of H-pyrrole nitrogens is 1. The number of thioether (sulfide) groups is 1. The second kappa shape index (κ2) is 7.77. The summed E-state index contributed by atoms with van der Waals surface area (Å²) in [6.07, 6.45) is 0. The van der Waals surface area contributed by atoms with Gasteiger partial charge in [-0.25, -0.2) is 4.98 Å². The number of benzene rings is 1. The van der Waals surface area contributed by atoms with Gasteiger partial charge in [-0.15, -0.1) is 16.4 Å². The number of hydrogen-bond donors (Lipinski definition) is 1. The van der Waals surface area contributed by atoms with Gasteiger partial charge >= 0.3 is 0 Å². The van der Waals surface area contributed by atoms with Crippen molar-refractivity contribution in [2.45, 2.75) is 25.9 Å². The van der Waals surface area contributed by atoms with Crippen LogP contribution in [0.4, 0.5) is 0 Å². The highest BCUT2D eigenvalue weighted by atomic mass is 32.2. The molecule has 4 rings (SSSR count). The summed E-state index contributed by atoms with van der Waals surface area (Å²) in [5.41, 5.74) is 5.04. The molecule has 0 bridgehead atoms. The van der Waals surface area contributed by atoms with Gasteiger partial charge < -0.3 is 4.57 Å². The number of Topliss-reactive ketones (excluding diaryl/α,β-unsaturated/α-hetero) is 1. The zero-order valence-corrected chi connectivity index (χ0v) is 17.5. The predicted octanol–water partition coefficient (Wildman–Crippen LogP) is 5.22. The van der Waals surface area contributed by atoms with E-state index in [1.54, 1.807) is 11.3 Å². The summed E-state index contributed by atoms with van der Waals surface area (Å²) in [6, 6.07) is 14.3. The molecule has 142 valence electrons. The molecule has 0 fully saturated rings. The zero-order valence-electron chi connectivity index (χ0n) is 15.9. The molecule has 0 saturated heterocycles. The maximum atomic E-state index is 12.8. The smallest absolute Gasteiger partial charge is 0.209 e. The fourth-order valence-corrected chi connectivity index (χ4v) is 4.52. The lowest BCUT2D eigenvalue weighted by molar-refractivity contribution is 0.102. The highest BCUT2D eigenvalue weighted by Crippen LogP contribution is 2.25. The molecule has 0 aliphatic carbocycles. The van der Waals surface area contributed by atoms with Crippen LogP contribution in [0.15, 0.2) is 53.0 Å². The minimum atomic E-state index is 0.0823. The molecule has 0 radical (unpaired) electrons. The summed E-state index contributed by atoms with van der Waals surface area (Å²) < 4.78 is 2.12. The summed E-state index contributed by atoms with van der Waals surface area (Å²) in [6.45, 7) is 6.09. The van der Waals surface area contributed by atoms with E-state index in [1.807, 2.05) is 37.4 Å². The van der Waals surface area contributed by atoms with E-state index in [1.165, 1.54) is 17.3 Å². The van der Waals surface area contributed by atoms with Crippen LogP contribution in [0.2, 0.25) is 0 Å². The van der Waals surface area contributed by atoms with Crippen LogP contribution in [-0.2, 0) is 0 Å². The molecule has 0 amide bonds. The van der Waals surface area contributed by atoms with Crippen LogP contribution in [0.1, 0.15) is 27.3 Å².